The molecule has 0 saturated carbocycles. The Balaban J connectivity index is 1.62. The predicted molar refractivity (Wildman–Crippen MR) is 108 cm³/mol. The average Bonchev–Trinajstić information content (AvgIpc) is 3.18. The van der Waals surface area contributed by atoms with Crippen molar-refractivity contribution < 1.29 is 31.1 Å². The van der Waals surface area contributed by atoms with E-state index >= 15 is 0 Å². The van der Waals surface area contributed by atoms with Crippen molar-refractivity contribution in [1.29, 1.82) is 0 Å². The summed E-state index contributed by atoms with van der Waals surface area (Å²) in [6, 6.07) is 3.07. The molecule has 3 aromatic rings. The maximum atomic E-state index is 12.8. The number of esters is 1. The first-order chi connectivity index (χ1) is 15.3. The SMILES string of the molecule is Cn1c(=O)c2c(ncn2CCOC(=O)CNS(=O)(=O)c2cccc(C(F)(F)F)c2)n(C)c1=O. The maximum absolute atomic E-state index is 12.8. The van der Waals surface area contributed by atoms with Gasteiger partial charge in [0.2, 0.25) is 10.0 Å². The predicted octanol–water partition coefficient (Wildman–Crippen LogP) is -0.0258. The highest BCUT2D eigenvalue weighted by molar-refractivity contribution is 7.89. The summed E-state index contributed by atoms with van der Waals surface area (Å²) in [7, 11) is -1.65. The number of aromatic nitrogens is 4. The Hall–Kier alpha value is -3.46. The molecule has 0 fully saturated rings. The third kappa shape index (κ3) is 4.98. The second kappa shape index (κ2) is 8.82. The Bertz CT molecular complexity index is 1440. The molecule has 11 nitrogen and oxygen atoms in total. The van der Waals surface area contributed by atoms with Gasteiger partial charge in [0, 0.05) is 14.1 Å². The van der Waals surface area contributed by atoms with Crippen LogP contribution >= 0.6 is 0 Å². The van der Waals surface area contributed by atoms with Crippen molar-refractivity contribution >= 4 is 27.2 Å². The van der Waals surface area contributed by atoms with Crippen molar-refractivity contribution in [3.8, 4) is 0 Å². The van der Waals surface area contributed by atoms with Gasteiger partial charge >= 0.3 is 17.8 Å². The Morgan fingerprint density at radius 3 is 2.55 bits per heavy atom. The van der Waals surface area contributed by atoms with Crippen LogP contribution in [0.3, 0.4) is 0 Å². The maximum Gasteiger partial charge on any atom is 0.416 e. The van der Waals surface area contributed by atoms with Gasteiger partial charge in [-0.05, 0) is 18.2 Å². The minimum atomic E-state index is -4.73. The van der Waals surface area contributed by atoms with Gasteiger partial charge < -0.3 is 9.30 Å². The molecule has 0 radical (unpaired) electrons. The summed E-state index contributed by atoms with van der Waals surface area (Å²) < 4.78 is 73.0. The molecule has 0 bridgehead atoms. The molecule has 1 N–H and O–H groups in total. The minimum absolute atomic E-state index is 0.0178. The lowest BCUT2D eigenvalue weighted by Gasteiger charge is -2.11. The number of halogens is 3. The highest BCUT2D eigenvalue weighted by atomic mass is 32.2. The Kier molecular flexibility index (Phi) is 6.46. The molecule has 2 heterocycles. The van der Waals surface area contributed by atoms with Crippen LogP contribution in [0.15, 0.2) is 45.1 Å². The summed E-state index contributed by atoms with van der Waals surface area (Å²) in [5, 5.41) is 0. The third-order valence-corrected chi connectivity index (χ3v) is 6.09. The summed E-state index contributed by atoms with van der Waals surface area (Å²) in [4.78, 5) is 39.5. The minimum Gasteiger partial charge on any atom is -0.463 e. The van der Waals surface area contributed by atoms with Gasteiger partial charge in [-0.3, -0.25) is 18.7 Å². The highest BCUT2D eigenvalue weighted by Gasteiger charge is 2.31. The van der Waals surface area contributed by atoms with Crippen molar-refractivity contribution in [2.45, 2.75) is 17.6 Å². The van der Waals surface area contributed by atoms with Gasteiger partial charge in [0.25, 0.3) is 5.56 Å². The molecule has 0 aliphatic carbocycles. The largest absolute Gasteiger partial charge is 0.463 e. The standard InChI is InChI=1S/C18H18F3N5O6S/c1-24-15-14(16(28)25(2)17(24)29)26(10-22-15)6-7-32-13(27)9-23-33(30,31)12-5-3-4-11(8-12)18(19,20)21/h3-5,8,10,23H,6-7,9H2,1-2H3. The first kappa shape index (κ1) is 24.2. The zero-order valence-electron chi connectivity index (χ0n) is 17.3. The van der Waals surface area contributed by atoms with E-state index in [1.807, 2.05) is 4.72 Å². The van der Waals surface area contributed by atoms with Crippen LogP contribution in [0.25, 0.3) is 11.2 Å². The molecule has 0 atom stereocenters. The number of sulfonamides is 1. The topological polar surface area (TPSA) is 134 Å². The number of aryl methyl sites for hydroxylation is 1. The lowest BCUT2D eigenvalue weighted by atomic mass is 10.2. The molecule has 178 valence electrons. The summed E-state index contributed by atoms with van der Waals surface area (Å²) >= 11 is 0. The molecule has 0 unspecified atom stereocenters. The van der Waals surface area contributed by atoms with Gasteiger partial charge in [0.15, 0.2) is 11.2 Å². The first-order valence-electron chi connectivity index (χ1n) is 9.26. The molecule has 0 amide bonds. The van der Waals surface area contributed by atoms with Crippen molar-refractivity contribution in [2.24, 2.45) is 14.1 Å². The number of fused-ring (bicyclic) bond motifs is 1. The number of carbonyl (C=O) groups excluding carboxylic acids is 1. The van der Waals surface area contributed by atoms with Crippen LogP contribution in [0.5, 0.6) is 0 Å². The second-order valence-corrected chi connectivity index (χ2v) is 8.65. The summed E-state index contributed by atoms with van der Waals surface area (Å²) in [6.45, 7) is -1.10. The fourth-order valence-corrected chi connectivity index (χ4v) is 3.97. The van der Waals surface area contributed by atoms with Crippen LogP contribution in [-0.4, -0.2) is 46.2 Å². The Morgan fingerprint density at radius 1 is 1.18 bits per heavy atom. The summed E-state index contributed by atoms with van der Waals surface area (Å²) in [5.41, 5.74) is -2.05. The second-order valence-electron chi connectivity index (χ2n) is 6.89. The summed E-state index contributed by atoms with van der Waals surface area (Å²) in [6.07, 6.45) is -3.44. The van der Waals surface area contributed by atoms with Crippen LogP contribution in [0.4, 0.5) is 13.2 Å². The van der Waals surface area contributed by atoms with Crippen LogP contribution in [0.1, 0.15) is 5.56 Å². The smallest absolute Gasteiger partial charge is 0.416 e. The number of ether oxygens (including phenoxy) is 1. The van der Waals surface area contributed by atoms with E-state index in [0.717, 1.165) is 22.8 Å². The molecule has 0 saturated heterocycles. The van der Waals surface area contributed by atoms with E-state index in [9.17, 15) is 36.0 Å². The molecule has 1 aromatic carbocycles. The van der Waals surface area contributed by atoms with E-state index in [4.69, 9.17) is 4.74 Å². The molecule has 0 aliphatic heterocycles. The number of benzene rings is 1. The van der Waals surface area contributed by atoms with E-state index in [1.54, 1.807) is 0 Å². The van der Waals surface area contributed by atoms with Crippen LogP contribution in [0.2, 0.25) is 0 Å². The third-order valence-electron chi connectivity index (χ3n) is 4.69. The quantitative estimate of drug-likeness (QED) is 0.461. The van der Waals surface area contributed by atoms with Crippen molar-refractivity contribution in [2.75, 3.05) is 13.2 Å². The highest BCUT2D eigenvalue weighted by Crippen LogP contribution is 2.30. The van der Waals surface area contributed by atoms with Crippen LogP contribution in [0, 0.1) is 0 Å². The number of hydrogen-bond donors (Lipinski definition) is 1. The van der Waals surface area contributed by atoms with Gasteiger partial charge in [-0.25, -0.2) is 18.2 Å². The van der Waals surface area contributed by atoms with Gasteiger partial charge in [-0.2, -0.15) is 17.9 Å². The van der Waals surface area contributed by atoms with Gasteiger partial charge in [0.1, 0.15) is 13.2 Å². The van der Waals surface area contributed by atoms with Gasteiger partial charge in [-0.15, -0.1) is 0 Å². The molecule has 3 rings (SSSR count). The number of rotatable bonds is 7. The van der Waals surface area contributed by atoms with E-state index < -0.39 is 50.4 Å². The first-order valence-corrected chi connectivity index (χ1v) is 10.7. The molecule has 0 aliphatic rings. The number of hydrogen-bond acceptors (Lipinski definition) is 7. The normalized spacial score (nSPS) is 12.3. The van der Waals surface area contributed by atoms with Crippen molar-refractivity contribution in [3.63, 3.8) is 0 Å². The number of nitrogens with one attached hydrogen (secondary N) is 1. The molecular formula is C18H18F3N5O6S. The fourth-order valence-electron chi connectivity index (χ4n) is 2.95. The average molecular weight is 489 g/mol. The number of alkyl halides is 3. The monoisotopic (exact) mass is 489 g/mol. The Morgan fingerprint density at radius 2 is 1.88 bits per heavy atom. The zero-order valence-corrected chi connectivity index (χ0v) is 18.1. The Labute approximate surface area is 184 Å². The molecule has 2 aromatic heterocycles. The molecule has 33 heavy (non-hydrogen) atoms. The van der Waals surface area contributed by atoms with E-state index in [0.29, 0.717) is 6.07 Å². The number of imidazole rings is 1. The fraction of sp³-hybridized carbons (Fsp3) is 0.333. The number of nitrogens with zero attached hydrogens (tertiary/aromatic N) is 4. The molecule has 0 spiro atoms. The summed E-state index contributed by atoms with van der Waals surface area (Å²) in [5.74, 6) is -0.990. The lowest BCUT2D eigenvalue weighted by molar-refractivity contribution is -0.142. The molecule has 15 heteroatoms. The van der Waals surface area contributed by atoms with Crippen LogP contribution < -0.4 is 16.0 Å². The van der Waals surface area contributed by atoms with E-state index in [1.165, 1.54) is 29.6 Å². The number of carbonyl (C=O) groups is 1. The van der Waals surface area contributed by atoms with Crippen molar-refractivity contribution in [1.82, 2.24) is 23.4 Å². The van der Waals surface area contributed by atoms with Crippen molar-refractivity contribution in [3.05, 3.63) is 57.0 Å². The van der Waals surface area contributed by atoms with Gasteiger partial charge in [-0.1, -0.05) is 6.07 Å². The van der Waals surface area contributed by atoms with Gasteiger partial charge in [0.05, 0.1) is 23.3 Å². The van der Waals surface area contributed by atoms with Crippen LogP contribution in [-0.2, 0) is 46.4 Å². The van der Waals surface area contributed by atoms with E-state index in [2.05, 4.69) is 4.98 Å². The lowest BCUT2D eigenvalue weighted by Crippen LogP contribution is -2.37. The van der Waals surface area contributed by atoms with E-state index in [-0.39, 0.29) is 24.3 Å². The zero-order chi connectivity index (χ0) is 24.6. The molecular weight excluding hydrogens is 471 g/mol.